The van der Waals surface area contributed by atoms with Crippen LogP contribution in [0.2, 0.25) is 0 Å². The first-order valence-corrected chi connectivity index (χ1v) is 9.32. The lowest BCUT2D eigenvalue weighted by Gasteiger charge is -2.17. The molecule has 0 aliphatic rings. The van der Waals surface area contributed by atoms with Gasteiger partial charge in [0.1, 0.15) is 5.75 Å². The summed E-state index contributed by atoms with van der Waals surface area (Å²) >= 11 is 0. The highest BCUT2D eigenvalue weighted by atomic mass is 32.2. The predicted octanol–water partition coefficient (Wildman–Crippen LogP) is 2.96. The van der Waals surface area contributed by atoms with E-state index in [1.165, 1.54) is 35.6 Å². The number of ether oxygens (including phenoxy) is 1. The van der Waals surface area contributed by atoms with Gasteiger partial charge < -0.3 is 4.74 Å². The van der Waals surface area contributed by atoms with Crippen molar-refractivity contribution in [1.29, 1.82) is 0 Å². The molecule has 0 unspecified atom stereocenters. The molecule has 8 heteroatoms. The third-order valence-corrected chi connectivity index (χ3v) is 5.39. The van der Waals surface area contributed by atoms with E-state index in [2.05, 4.69) is 0 Å². The summed E-state index contributed by atoms with van der Waals surface area (Å²) in [5.74, 6) is 0.529. The number of hydrogen-bond donors (Lipinski definition) is 0. The smallest absolute Gasteiger partial charge is 0.269 e. The Balaban J connectivity index is 2.03. The summed E-state index contributed by atoms with van der Waals surface area (Å²) in [5, 5.41) is 10.6. The summed E-state index contributed by atoms with van der Waals surface area (Å²) in [6.45, 7) is 2.71. The van der Waals surface area contributed by atoms with Gasteiger partial charge in [-0.3, -0.25) is 10.1 Å². The van der Waals surface area contributed by atoms with E-state index >= 15 is 0 Å². The monoisotopic (exact) mass is 364 g/mol. The fourth-order valence-electron chi connectivity index (χ4n) is 2.25. The first-order valence-electron chi connectivity index (χ1n) is 7.71. The van der Waals surface area contributed by atoms with Crippen molar-refractivity contribution in [2.45, 2.75) is 19.2 Å². The molecular formula is C17H20N2O5S. The second-order valence-electron chi connectivity index (χ2n) is 5.51. The van der Waals surface area contributed by atoms with Gasteiger partial charge in [0.25, 0.3) is 5.69 Å². The summed E-state index contributed by atoms with van der Waals surface area (Å²) in [6.07, 6.45) is 0. The number of rotatable bonds is 8. The van der Waals surface area contributed by atoms with Crippen LogP contribution in [0.25, 0.3) is 0 Å². The molecule has 0 bridgehead atoms. The second-order valence-corrected chi connectivity index (χ2v) is 7.59. The Morgan fingerprint density at radius 2 is 1.60 bits per heavy atom. The van der Waals surface area contributed by atoms with Crippen LogP contribution in [0.5, 0.6) is 5.75 Å². The largest absolute Gasteiger partial charge is 0.494 e. The fraction of sp³-hybridized carbons (Fsp3) is 0.294. The number of hydrogen-bond acceptors (Lipinski definition) is 5. The maximum atomic E-state index is 12.5. The van der Waals surface area contributed by atoms with E-state index in [4.69, 9.17) is 4.74 Å². The fourth-order valence-corrected chi connectivity index (χ4v) is 3.43. The van der Waals surface area contributed by atoms with Crippen molar-refractivity contribution >= 4 is 15.7 Å². The van der Waals surface area contributed by atoms with Crippen LogP contribution < -0.4 is 4.74 Å². The average Bonchev–Trinajstić information content (AvgIpc) is 2.57. The molecule has 0 heterocycles. The molecule has 0 amide bonds. The minimum Gasteiger partial charge on any atom is -0.494 e. The van der Waals surface area contributed by atoms with E-state index < -0.39 is 14.9 Å². The number of nitro groups is 1. The standard InChI is InChI=1S/C17H20N2O5S/c1-3-24-17-10-6-14(7-11-17)12-18(2)25(22,23)13-15-4-8-16(9-5-15)19(20)21/h4-11H,3,12-13H2,1-2H3. The van der Waals surface area contributed by atoms with Crippen molar-refractivity contribution in [3.05, 3.63) is 69.8 Å². The Kier molecular flexibility index (Phi) is 6.11. The van der Waals surface area contributed by atoms with Gasteiger partial charge in [-0.1, -0.05) is 24.3 Å². The first kappa shape index (κ1) is 18.9. The molecule has 0 N–H and O–H groups in total. The van der Waals surface area contributed by atoms with E-state index in [1.807, 2.05) is 19.1 Å². The molecule has 0 fully saturated rings. The summed E-state index contributed by atoms with van der Waals surface area (Å²) in [4.78, 5) is 10.1. The van der Waals surface area contributed by atoms with Gasteiger partial charge in [-0.05, 0) is 30.2 Å². The minimum atomic E-state index is -3.53. The highest BCUT2D eigenvalue weighted by Gasteiger charge is 2.19. The van der Waals surface area contributed by atoms with Crippen molar-refractivity contribution in [2.24, 2.45) is 0 Å². The van der Waals surface area contributed by atoms with E-state index in [9.17, 15) is 18.5 Å². The van der Waals surface area contributed by atoms with E-state index in [1.54, 1.807) is 12.1 Å². The molecule has 0 aromatic heterocycles. The Morgan fingerprint density at radius 3 is 2.12 bits per heavy atom. The molecule has 2 rings (SSSR count). The summed E-state index contributed by atoms with van der Waals surface area (Å²) < 4.78 is 31.5. The molecule has 25 heavy (non-hydrogen) atoms. The maximum absolute atomic E-state index is 12.5. The number of benzene rings is 2. The topological polar surface area (TPSA) is 89.8 Å². The van der Waals surface area contributed by atoms with Crippen LogP contribution in [0, 0.1) is 10.1 Å². The van der Waals surface area contributed by atoms with E-state index in [0.29, 0.717) is 12.2 Å². The third-order valence-electron chi connectivity index (χ3n) is 3.61. The highest BCUT2D eigenvalue weighted by molar-refractivity contribution is 7.88. The van der Waals surface area contributed by atoms with Gasteiger partial charge in [0.15, 0.2) is 0 Å². The van der Waals surface area contributed by atoms with Crippen LogP contribution in [0.15, 0.2) is 48.5 Å². The molecule has 0 aliphatic heterocycles. The number of nitro benzene ring substituents is 1. The Bertz CT molecular complexity index is 817. The first-order chi connectivity index (χ1) is 11.8. The zero-order chi connectivity index (χ0) is 18.4. The van der Waals surface area contributed by atoms with Crippen LogP contribution in [0.3, 0.4) is 0 Å². The summed E-state index contributed by atoms with van der Waals surface area (Å²) in [7, 11) is -2.02. The van der Waals surface area contributed by atoms with Gasteiger partial charge in [0.05, 0.1) is 17.3 Å². The van der Waals surface area contributed by atoms with Gasteiger partial charge in [0.2, 0.25) is 10.0 Å². The molecule has 7 nitrogen and oxygen atoms in total. The molecule has 2 aromatic rings. The number of nitrogens with zero attached hydrogens (tertiary/aromatic N) is 2. The molecule has 0 saturated carbocycles. The van der Waals surface area contributed by atoms with Crippen LogP contribution in [0.1, 0.15) is 18.1 Å². The van der Waals surface area contributed by atoms with Gasteiger partial charge >= 0.3 is 0 Å². The van der Waals surface area contributed by atoms with E-state index in [0.717, 1.165) is 11.3 Å². The highest BCUT2D eigenvalue weighted by Crippen LogP contribution is 2.18. The number of sulfonamides is 1. The van der Waals surface area contributed by atoms with Gasteiger partial charge in [-0.15, -0.1) is 0 Å². The zero-order valence-corrected chi connectivity index (χ0v) is 14.9. The van der Waals surface area contributed by atoms with Gasteiger partial charge in [-0.2, -0.15) is 0 Å². The zero-order valence-electron chi connectivity index (χ0n) is 14.1. The van der Waals surface area contributed by atoms with Crippen molar-refractivity contribution in [3.8, 4) is 5.75 Å². The van der Waals surface area contributed by atoms with Gasteiger partial charge in [0, 0.05) is 25.7 Å². The van der Waals surface area contributed by atoms with Crippen LogP contribution in [-0.2, 0) is 22.3 Å². The van der Waals surface area contributed by atoms with E-state index in [-0.39, 0.29) is 18.0 Å². The van der Waals surface area contributed by atoms with Crippen molar-refractivity contribution in [2.75, 3.05) is 13.7 Å². The van der Waals surface area contributed by atoms with Crippen LogP contribution >= 0.6 is 0 Å². The second kappa shape index (κ2) is 8.09. The Morgan fingerprint density at radius 1 is 1.04 bits per heavy atom. The van der Waals surface area contributed by atoms with Crippen LogP contribution in [0.4, 0.5) is 5.69 Å². The molecule has 0 saturated heterocycles. The molecule has 0 spiro atoms. The lowest BCUT2D eigenvalue weighted by Crippen LogP contribution is -2.27. The van der Waals surface area contributed by atoms with Crippen molar-refractivity contribution in [3.63, 3.8) is 0 Å². The molecule has 0 radical (unpaired) electrons. The van der Waals surface area contributed by atoms with Crippen molar-refractivity contribution in [1.82, 2.24) is 4.31 Å². The summed E-state index contributed by atoms with van der Waals surface area (Å²) in [6, 6.07) is 12.8. The molecule has 0 aliphatic carbocycles. The molecule has 2 aromatic carbocycles. The quantitative estimate of drug-likeness (QED) is 0.531. The van der Waals surface area contributed by atoms with Crippen molar-refractivity contribution < 1.29 is 18.1 Å². The normalized spacial score (nSPS) is 11.5. The molecule has 134 valence electrons. The predicted molar refractivity (Wildman–Crippen MR) is 94.8 cm³/mol. The third kappa shape index (κ3) is 5.27. The lowest BCUT2D eigenvalue weighted by atomic mass is 10.2. The SMILES string of the molecule is CCOc1ccc(CN(C)S(=O)(=O)Cc2ccc([N+](=O)[O-])cc2)cc1. The average molecular weight is 364 g/mol. The van der Waals surface area contributed by atoms with Gasteiger partial charge in [-0.25, -0.2) is 12.7 Å². The van der Waals surface area contributed by atoms with Crippen LogP contribution in [-0.4, -0.2) is 31.3 Å². The Hall–Kier alpha value is -2.45. The lowest BCUT2D eigenvalue weighted by molar-refractivity contribution is -0.384. The molecular weight excluding hydrogens is 344 g/mol. The maximum Gasteiger partial charge on any atom is 0.269 e. The summed E-state index contributed by atoms with van der Waals surface area (Å²) in [5.41, 5.74) is 1.28. The Labute approximate surface area is 147 Å². The molecule has 0 atom stereocenters. The number of non-ortho nitro benzene ring substituents is 1. The minimum absolute atomic E-state index is 0.0658.